The van der Waals surface area contributed by atoms with Crippen LogP contribution in [0.4, 0.5) is 10.3 Å². The number of carbonyl (C=O) groups excluding carboxylic acids is 1. The summed E-state index contributed by atoms with van der Waals surface area (Å²) in [6.45, 7) is 1.92. The predicted molar refractivity (Wildman–Crippen MR) is 86.9 cm³/mol. The van der Waals surface area contributed by atoms with Crippen molar-refractivity contribution in [2.45, 2.75) is 13.0 Å². The van der Waals surface area contributed by atoms with E-state index in [4.69, 9.17) is 0 Å². The molecule has 2 aromatic heterocycles. The fraction of sp³-hybridized carbons (Fsp3) is 0.118. The van der Waals surface area contributed by atoms with Crippen molar-refractivity contribution >= 4 is 12.2 Å². The van der Waals surface area contributed by atoms with Crippen molar-refractivity contribution in [3.05, 3.63) is 65.9 Å². The number of pyridine rings is 1. The highest BCUT2D eigenvalue weighted by atomic mass is 19.1. The van der Waals surface area contributed by atoms with E-state index in [1.807, 2.05) is 6.92 Å². The first kappa shape index (κ1) is 15.7. The average Bonchev–Trinajstić information content (AvgIpc) is 2.63. The van der Waals surface area contributed by atoms with Crippen LogP contribution >= 0.6 is 0 Å². The Hall–Kier alpha value is -3.22. The van der Waals surface area contributed by atoms with E-state index in [-0.39, 0.29) is 11.9 Å². The lowest BCUT2D eigenvalue weighted by Crippen LogP contribution is -2.10. The molecule has 6 nitrogen and oxygen atoms in total. The summed E-state index contributed by atoms with van der Waals surface area (Å²) in [5, 5.41) is 11.2. The van der Waals surface area contributed by atoms with Gasteiger partial charge in [0.2, 0.25) is 5.95 Å². The summed E-state index contributed by atoms with van der Waals surface area (Å²) < 4.78 is 13.0. The zero-order valence-electron chi connectivity index (χ0n) is 12.8. The van der Waals surface area contributed by atoms with Crippen LogP contribution in [0.25, 0.3) is 11.3 Å². The van der Waals surface area contributed by atoms with Crippen LogP contribution in [0, 0.1) is 5.82 Å². The third-order valence-corrected chi connectivity index (χ3v) is 3.47. The lowest BCUT2D eigenvalue weighted by molar-refractivity contribution is 0.112. The molecule has 1 aromatic carbocycles. The van der Waals surface area contributed by atoms with Gasteiger partial charge in [-0.3, -0.25) is 9.78 Å². The molecule has 0 bridgehead atoms. The van der Waals surface area contributed by atoms with Gasteiger partial charge >= 0.3 is 0 Å². The highest BCUT2D eigenvalue weighted by Crippen LogP contribution is 2.18. The molecule has 24 heavy (non-hydrogen) atoms. The van der Waals surface area contributed by atoms with Gasteiger partial charge in [0.1, 0.15) is 11.5 Å². The van der Waals surface area contributed by atoms with Crippen LogP contribution < -0.4 is 5.32 Å². The van der Waals surface area contributed by atoms with Crippen LogP contribution in [0.3, 0.4) is 0 Å². The summed E-state index contributed by atoms with van der Waals surface area (Å²) in [6.07, 6.45) is 5.33. The highest BCUT2D eigenvalue weighted by molar-refractivity contribution is 5.77. The number of hydrogen-bond donors (Lipinski definition) is 1. The van der Waals surface area contributed by atoms with E-state index >= 15 is 0 Å². The maximum Gasteiger partial charge on any atom is 0.243 e. The summed E-state index contributed by atoms with van der Waals surface area (Å²) >= 11 is 0. The topological polar surface area (TPSA) is 80.7 Å². The first-order valence-corrected chi connectivity index (χ1v) is 7.28. The zero-order chi connectivity index (χ0) is 16.9. The van der Waals surface area contributed by atoms with E-state index < -0.39 is 0 Å². The average molecular weight is 323 g/mol. The molecule has 0 radical (unpaired) electrons. The van der Waals surface area contributed by atoms with Crippen molar-refractivity contribution in [3.8, 4) is 11.3 Å². The molecule has 0 amide bonds. The highest BCUT2D eigenvalue weighted by Gasteiger charge is 2.09. The Morgan fingerprint density at radius 1 is 1.12 bits per heavy atom. The fourth-order valence-corrected chi connectivity index (χ4v) is 2.16. The van der Waals surface area contributed by atoms with Gasteiger partial charge < -0.3 is 5.32 Å². The molecule has 0 spiro atoms. The molecular weight excluding hydrogens is 309 g/mol. The van der Waals surface area contributed by atoms with E-state index in [9.17, 15) is 9.18 Å². The first-order chi connectivity index (χ1) is 11.7. The summed E-state index contributed by atoms with van der Waals surface area (Å²) in [5.41, 5.74) is 2.55. The lowest BCUT2D eigenvalue weighted by Gasteiger charge is -2.13. The minimum absolute atomic E-state index is 0.0988. The van der Waals surface area contributed by atoms with Crippen molar-refractivity contribution in [1.82, 2.24) is 20.2 Å². The van der Waals surface area contributed by atoms with Crippen molar-refractivity contribution < 1.29 is 9.18 Å². The van der Waals surface area contributed by atoms with Gasteiger partial charge in [0.15, 0.2) is 6.29 Å². The molecular formula is C17H14FN5O. The molecule has 0 aliphatic heterocycles. The largest absolute Gasteiger partial charge is 0.346 e. The number of rotatable bonds is 5. The number of aromatic nitrogens is 4. The van der Waals surface area contributed by atoms with E-state index in [2.05, 4.69) is 25.5 Å². The molecule has 3 rings (SSSR count). The van der Waals surface area contributed by atoms with Gasteiger partial charge in [0.05, 0.1) is 12.2 Å². The normalized spacial score (nSPS) is 11.8. The fourth-order valence-electron chi connectivity index (χ4n) is 2.16. The number of aldehydes is 1. The van der Waals surface area contributed by atoms with E-state index in [0.717, 1.165) is 11.8 Å². The Morgan fingerprint density at radius 2 is 1.92 bits per heavy atom. The minimum atomic E-state index is -0.278. The molecule has 3 aromatic rings. The molecule has 120 valence electrons. The quantitative estimate of drug-likeness (QED) is 0.727. The first-order valence-electron chi connectivity index (χ1n) is 7.28. The Bertz CT molecular complexity index is 836. The van der Waals surface area contributed by atoms with Crippen molar-refractivity contribution in [1.29, 1.82) is 0 Å². The molecule has 2 heterocycles. The zero-order valence-corrected chi connectivity index (χ0v) is 12.8. The second-order valence-corrected chi connectivity index (χ2v) is 5.21. The Morgan fingerprint density at radius 3 is 2.58 bits per heavy atom. The van der Waals surface area contributed by atoms with Gasteiger partial charge in [0, 0.05) is 23.5 Å². The van der Waals surface area contributed by atoms with Gasteiger partial charge in [-0.1, -0.05) is 12.1 Å². The minimum Gasteiger partial charge on any atom is -0.346 e. The van der Waals surface area contributed by atoms with Crippen LogP contribution in [0.2, 0.25) is 0 Å². The number of anilines is 1. The monoisotopic (exact) mass is 323 g/mol. The molecule has 0 fully saturated rings. The van der Waals surface area contributed by atoms with E-state index in [1.165, 1.54) is 18.3 Å². The van der Waals surface area contributed by atoms with Gasteiger partial charge in [-0.15, -0.1) is 10.2 Å². The van der Waals surface area contributed by atoms with Crippen LogP contribution in [-0.2, 0) is 0 Å². The molecule has 7 heteroatoms. The molecule has 0 aliphatic rings. The Labute approximate surface area is 137 Å². The molecule has 0 aliphatic carbocycles. The van der Waals surface area contributed by atoms with Gasteiger partial charge in [0.25, 0.3) is 0 Å². The summed E-state index contributed by atoms with van der Waals surface area (Å²) in [7, 11) is 0. The lowest BCUT2D eigenvalue weighted by atomic mass is 10.1. The number of benzene rings is 1. The molecule has 1 N–H and O–H groups in total. The summed E-state index contributed by atoms with van der Waals surface area (Å²) in [5.74, 6) is 0.0782. The maximum atomic E-state index is 13.0. The van der Waals surface area contributed by atoms with Gasteiger partial charge in [-0.05, 0) is 30.7 Å². The third kappa shape index (κ3) is 3.57. The number of nitrogens with one attached hydrogen (secondary N) is 1. The van der Waals surface area contributed by atoms with Gasteiger partial charge in [-0.2, -0.15) is 0 Å². The second-order valence-electron chi connectivity index (χ2n) is 5.21. The van der Waals surface area contributed by atoms with Crippen molar-refractivity contribution in [3.63, 3.8) is 0 Å². The van der Waals surface area contributed by atoms with Crippen LogP contribution in [-0.4, -0.2) is 26.5 Å². The maximum absolute atomic E-state index is 13.0. The predicted octanol–water partition coefficient (Wildman–Crippen LogP) is 3.06. The molecule has 0 saturated carbocycles. The second kappa shape index (κ2) is 6.91. The third-order valence-electron chi connectivity index (χ3n) is 3.47. The SMILES string of the molecule is C[C@@H](Nc1ncc(-c2cncc(C=O)c2)nn1)c1ccc(F)cc1. The number of carbonyl (C=O) groups is 1. The molecule has 0 unspecified atom stereocenters. The number of hydrogen-bond acceptors (Lipinski definition) is 6. The van der Waals surface area contributed by atoms with Crippen LogP contribution in [0.15, 0.2) is 48.9 Å². The van der Waals surface area contributed by atoms with Crippen LogP contribution in [0.1, 0.15) is 28.9 Å². The standard InChI is InChI=1S/C17H14FN5O/c1-11(13-2-4-15(18)5-3-13)21-17-20-9-16(22-23-17)14-6-12(10-24)7-19-8-14/h2-11H,1H3,(H,20,21,23)/t11-/m1/s1. The smallest absolute Gasteiger partial charge is 0.243 e. The van der Waals surface area contributed by atoms with E-state index in [0.29, 0.717) is 22.8 Å². The molecule has 0 saturated heterocycles. The number of halogens is 1. The van der Waals surface area contributed by atoms with Gasteiger partial charge in [-0.25, -0.2) is 9.37 Å². The van der Waals surface area contributed by atoms with Crippen molar-refractivity contribution in [2.24, 2.45) is 0 Å². The number of nitrogens with zero attached hydrogens (tertiary/aromatic N) is 4. The summed E-state index contributed by atoms with van der Waals surface area (Å²) in [4.78, 5) is 19.0. The van der Waals surface area contributed by atoms with E-state index in [1.54, 1.807) is 30.6 Å². The van der Waals surface area contributed by atoms with Crippen molar-refractivity contribution in [2.75, 3.05) is 5.32 Å². The van der Waals surface area contributed by atoms with Crippen LogP contribution in [0.5, 0.6) is 0 Å². The Balaban J connectivity index is 1.74. The Kier molecular flexibility index (Phi) is 4.51. The summed E-state index contributed by atoms with van der Waals surface area (Å²) in [6, 6.07) is 7.78. The molecule has 1 atom stereocenters.